The molecule has 0 unspecified atom stereocenters. The predicted octanol–water partition coefficient (Wildman–Crippen LogP) is 2.82. The number of carbonyl (C=O) groups is 1. The number of ether oxygens (including phenoxy) is 3. The molecule has 0 aliphatic carbocycles. The highest BCUT2D eigenvalue weighted by Crippen LogP contribution is 2.38. The van der Waals surface area contributed by atoms with E-state index in [4.69, 9.17) is 14.2 Å². The quantitative estimate of drug-likeness (QED) is 0.850. The zero-order chi connectivity index (χ0) is 16.5. The molecule has 2 rings (SSSR count). The number of aromatic nitrogens is 2. The third-order valence-electron chi connectivity index (χ3n) is 2.87. The first-order valence-electron chi connectivity index (χ1n) is 6.99. The normalized spacial score (nSPS) is 9.50. The van der Waals surface area contributed by atoms with Crippen molar-refractivity contribution in [3.8, 4) is 17.2 Å². The summed E-state index contributed by atoms with van der Waals surface area (Å²) in [6.07, 6.45) is 4.86. The molecule has 0 spiro atoms. The van der Waals surface area contributed by atoms with Crippen LogP contribution in [0.5, 0.6) is 17.2 Å². The molecule has 0 saturated heterocycles. The van der Waals surface area contributed by atoms with Crippen molar-refractivity contribution in [2.45, 2.75) is 20.3 Å². The van der Waals surface area contributed by atoms with Gasteiger partial charge in [-0.1, -0.05) is 13.8 Å². The van der Waals surface area contributed by atoms with Crippen molar-refractivity contribution in [1.29, 1.82) is 0 Å². The van der Waals surface area contributed by atoms with Crippen LogP contribution in [0, 0.1) is 0 Å². The Bertz CT molecular complexity index is 569. The van der Waals surface area contributed by atoms with Crippen LogP contribution >= 0.6 is 0 Å². The molecule has 0 aliphatic heterocycles. The van der Waals surface area contributed by atoms with Gasteiger partial charge >= 0.3 is 0 Å². The zero-order valence-corrected chi connectivity index (χ0v) is 13.6. The third-order valence-corrected chi connectivity index (χ3v) is 2.87. The molecule has 6 heteroatoms. The number of methoxy groups -OCH3 is 3. The maximum Gasteiger partial charge on any atom is 0.236 e. The molecule has 0 fully saturated rings. The van der Waals surface area contributed by atoms with Gasteiger partial charge in [0.15, 0.2) is 11.5 Å². The number of hydrogen-bond donors (Lipinski definition) is 0. The van der Waals surface area contributed by atoms with E-state index in [0.29, 0.717) is 17.2 Å². The number of rotatable bonds is 5. The second-order valence-corrected chi connectivity index (χ2v) is 4.07. The van der Waals surface area contributed by atoms with E-state index >= 15 is 0 Å². The highest BCUT2D eigenvalue weighted by atomic mass is 16.5. The Morgan fingerprint density at radius 3 is 2.09 bits per heavy atom. The lowest BCUT2D eigenvalue weighted by molar-refractivity contribution is 0.0914. The van der Waals surface area contributed by atoms with E-state index in [1.54, 1.807) is 38.7 Å². The van der Waals surface area contributed by atoms with Gasteiger partial charge < -0.3 is 14.2 Å². The maximum absolute atomic E-state index is 12.0. The lowest BCUT2D eigenvalue weighted by Crippen LogP contribution is -2.11. The minimum absolute atomic E-state index is 0.0863. The fraction of sp³-hybridized carbons (Fsp3) is 0.375. The average Bonchev–Trinajstić information content (AvgIpc) is 3.10. The minimum atomic E-state index is -0.0863. The molecule has 0 bridgehead atoms. The van der Waals surface area contributed by atoms with Crippen LogP contribution in [0.1, 0.15) is 24.2 Å². The van der Waals surface area contributed by atoms with Crippen molar-refractivity contribution < 1.29 is 19.0 Å². The SMILES string of the molecule is CC.COc1cc(CC(=O)n2ccnc2)cc(OC)c1OC. The van der Waals surface area contributed by atoms with Crippen LogP contribution in [0.25, 0.3) is 0 Å². The molecule has 1 aromatic carbocycles. The monoisotopic (exact) mass is 306 g/mol. The van der Waals surface area contributed by atoms with Crippen LogP contribution in [-0.2, 0) is 6.42 Å². The van der Waals surface area contributed by atoms with Crippen LogP contribution in [0.2, 0.25) is 0 Å². The highest BCUT2D eigenvalue weighted by molar-refractivity contribution is 5.81. The van der Waals surface area contributed by atoms with Crippen LogP contribution in [0.15, 0.2) is 30.9 Å². The second kappa shape index (κ2) is 8.71. The first kappa shape index (κ1) is 17.6. The molecule has 0 aliphatic rings. The third kappa shape index (κ3) is 4.00. The maximum atomic E-state index is 12.0. The Morgan fingerprint density at radius 2 is 1.68 bits per heavy atom. The van der Waals surface area contributed by atoms with Gasteiger partial charge in [-0.2, -0.15) is 0 Å². The molecule has 0 saturated carbocycles. The van der Waals surface area contributed by atoms with Gasteiger partial charge in [0.2, 0.25) is 11.7 Å². The summed E-state index contributed by atoms with van der Waals surface area (Å²) < 4.78 is 17.2. The predicted molar refractivity (Wildman–Crippen MR) is 84.0 cm³/mol. The van der Waals surface area contributed by atoms with E-state index in [9.17, 15) is 4.79 Å². The topological polar surface area (TPSA) is 62.6 Å². The molecule has 120 valence electrons. The van der Waals surface area contributed by atoms with E-state index in [2.05, 4.69) is 4.98 Å². The van der Waals surface area contributed by atoms with Crippen molar-refractivity contribution >= 4 is 5.91 Å². The Morgan fingerprint density at radius 1 is 1.09 bits per heavy atom. The Kier molecular flexibility index (Phi) is 6.95. The Labute approximate surface area is 130 Å². The van der Waals surface area contributed by atoms with Crippen molar-refractivity contribution in [3.05, 3.63) is 36.4 Å². The van der Waals surface area contributed by atoms with Gasteiger partial charge in [0.1, 0.15) is 6.33 Å². The first-order valence-corrected chi connectivity index (χ1v) is 6.99. The number of carbonyl (C=O) groups excluding carboxylic acids is 1. The van der Waals surface area contributed by atoms with Crippen molar-refractivity contribution in [2.24, 2.45) is 0 Å². The molecule has 1 heterocycles. The number of benzene rings is 1. The molecule has 22 heavy (non-hydrogen) atoms. The minimum Gasteiger partial charge on any atom is -0.493 e. The summed E-state index contributed by atoms with van der Waals surface area (Å²) in [7, 11) is 4.62. The first-order chi connectivity index (χ1) is 10.7. The molecule has 0 atom stereocenters. The Hall–Kier alpha value is -2.50. The lowest BCUT2D eigenvalue weighted by atomic mass is 10.1. The molecule has 0 N–H and O–H groups in total. The van der Waals surface area contributed by atoms with Crippen molar-refractivity contribution in [1.82, 2.24) is 9.55 Å². The second-order valence-electron chi connectivity index (χ2n) is 4.07. The molecule has 0 amide bonds. The van der Waals surface area contributed by atoms with Crippen molar-refractivity contribution in [2.75, 3.05) is 21.3 Å². The van der Waals surface area contributed by atoms with Crippen LogP contribution in [0.3, 0.4) is 0 Å². The number of hydrogen-bond acceptors (Lipinski definition) is 5. The summed E-state index contributed by atoms with van der Waals surface area (Å²) in [5.74, 6) is 1.48. The molecular weight excluding hydrogens is 284 g/mol. The molecular formula is C16H22N2O4. The molecule has 0 radical (unpaired) electrons. The van der Waals surface area contributed by atoms with Gasteiger partial charge in [-0.15, -0.1) is 0 Å². The smallest absolute Gasteiger partial charge is 0.236 e. The molecule has 2 aromatic rings. The van der Waals surface area contributed by atoms with Crippen LogP contribution in [0.4, 0.5) is 0 Å². The standard InChI is InChI=1S/C14H16N2O4.C2H6/c1-18-11-6-10(7-12(19-2)14(11)20-3)8-13(17)16-5-4-15-9-16;1-2/h4-7,9H,8H2,1-3H3;1-2H3. The molecule has 1 aromatic heterocycles. The van der Waals surface area contributed by atoms with Crippen molar-refractivity contribution in [3.63, 3.8) is 0 Å². The van der Waals surface area contributed by atoms with Gasteiger partial charge in [-0.25, -0.2) is 4.98 Å². The summed E-state index contributed by atoms with van der Waals surface area (Å²) in [4.78, 5) is 15.9. The van der Waals surface area contributed by atoms with Gasteiger partial charge in [-0.3, -0.25) is 9.36 Å². The van der Waals surface area contributed by atoms with Gasteiger partial charge in [0.05, 0.1) is 27.8 Å². The van der Waals surface area contributed by atoms with E-state index in [1.807, 2.05) is 13.8 Å². The van der Waals surface area contributed by atoms with Gasteiger partial charge in [0, 0.05) is 12.4 Å². The Balaban J connectivity index is 0.00000116. The zero-order valence-electron chi connectivity index (χ0n) is 13.6. The van der Waals surface area contributed by atoms with Gasteiger partial charge in [-0.05, 0) is 17.7 Å². The molecule has 6 nitrogen and oxygen atoms in total. The largest absolute Gasteiger partial charge is 0.493 e. The average molecular weight is 306 g/mol. The summed E-state index contributed by atoms with van der Waals surface area (Å²) in [6, 6.07) is 3.52. The lowest BCUT2D eigenvalue weighted by Gasteiger charge is -2.13. The van der Waals surface area contributed by atoms with Crippen LogP contribution in [-0.4, -0.2) is 36.8 Å². The van der Waals surface area contributed by atoms with E-state index in [-0.39, 0.29) is 12.3 Å². The summed E-state index contributed by atoms with van der Waals surface area (Å²) in [5.41, 5.74) is 0.776. The van der Waals surface area contributed by atoms with Crippen LogP contribution < -0.4 is 14.2 Å². The summed E-state index contributed by atoms with van der Waals surface area (Å²) in [6.45, 7) is 4.00. The fourth-order valence-corrected chi connectivity index (χ4v) is 1.91. The number of nitrogens with zero attached hydrogens (tertiary/aromatic N) is 2. The number of imidazole rings is 1. The van der Waals surface area contributed by atoms with Gasteiger partial charge in [0.25, 0.3) is 0 Å². The van der Waals surface area contributed by atoms with E-state index in [0.717, 1.165) is 5.56 Å². The highest BCUT2D eigenvalue weighted by Gasteiger charge is 2.15. The summed E-state index contributed by atoms with van der Waals surface area (Å²) in [5, 5.41) is 0. The van der Waals surface area contributed by atoms with E-state index in [1.165, 1.54) is 18.0 Å². The summed E-state index contributed by atoms with van der Waals surface area (Å²) >= 11 is 0. The fourth-order valence-electron chi connectivity index (χ4n) is 1.91. The van der Waals surface area contributed by atoms with E-state index < -0.39 is 0 Å².